The summed E-state index contributed by atoms with van der Waals surface area (Å²) in [6.45, 7) is 1.21. The van der Waals surface area contributed by atoms with Crippen molar-refractivity contribution in [3.8, 4) is 0 Å². The standard InChI is InChI=1S/C10H17NO/c1-2-8(1)11-6-7-5-9-3-4-10(7)12-9/h7-11H,1-6H2. The van der Waals surface area contributed by atoms with Crippen molar-refractivity contribution in [2.75, 3.05) is 6.54 Å². The van der Waals surface area contributed by atoms with E-state index < -0.39 is 0 Å². The van der Waals surface area contributed by atoms with Crippen LogP contribution in [0.2, 0.25) is 0 Å². The van der Waals surface area contributed by atoms with Crippen molar-refractivity contribution in [1.29, 1.82) is 0 Å². The second-order valence-electron chi connectivity index (χ2n) is 4.55. The molecule has 2 saturated heterocycles. The molecule has 1 aliphatic carbocycles. The number of ether oxygens (including phenoxy) is 1. The molecule has 1 saturated carbocycles. The fourth-order valence-electron chi connectivity index (χ4n) is 2.56. The molecule has 12 heavy (non-hydrogen) atoms. The molecular formula is C10H17NO. The van der Waals surface area contributed by atoms with Gasteiger partial charge in [0.25, 0.3) is 0 Å². The van der Waals surface area contributed by atoms with Crippen molar-refractivity contribution in [3.63, 3.8) is 0 Å². The van der Waals surface area contributed by atoms with E-state index in [0.717, 1.165) is 12.0 Å². The zero-order valence-corrected chi connectivity index (χ0v) is 7.46. The molecule has 3 atom stereocenters. The monoisotopic (exact) mass is 167 g/mol. The Morgan fingerprint density at radius 3 is 2.67 bits per heavy atom. The van der Waals surface area contributed by atoms with Crippen LogP contribution in [0.5, 0.6) is 0 Å². The van der Waals surface area contributed by atoms with Gasteiger partial charge in [0.2, 0.25) is 0 Å². The van der Waals surface area contributed by atoms with Gasteiger partial charge in [-0.2, -0.15) is 0 Å². The summed E-state index contributed by atoms with van der Waals surface area (Å²) in [6, 6.07) is 0.865. The maximum Gasteiger partial charge on any atom is 0.0621 e. The molecule has 0 aromatic rings. The lowest BCUT2D eigenvalue weighted by Gasteiger charge is -2.18. The molecule has 3 rings (SSSR count). The Kier molecular flexibility index (Phi) is 1.66. The Morgan fingerprint density at radius 1 is 1.17 bits per heavy atom. The maximum atomic E-state index is 5.80. The fourth-order valence-corrected chi connectivity index (χ4v) is 2.56. The summed E-state index contributed by atoms with van der Waals surface area (Å²) in [5, 5.41) is 3.60. The molecule has 2 heteroatoms. The lowest BCUT2D eigenvalue weighted by atomic mass is 9.89. The van der Waals surface area contributed by atoms with E-state index in [9.17, 15) is 0 Å². The Morgan fingerprint density at radius 2 is 2.08 bits per heavy atom. The molecule has 0 aromatic heterocycles. The molecule has 3 aliphatic rings. The van der Waals surface area contributed by atoms with E-state index >= 15 is 0 Å². The summed E-state index contributed by atoms with van der Waals surface area (Å²) in [7, 11) is 0. The van der Waals surface area contributed by atoms with Crippen molar-refractivity contribution in [1.82, 2.24) is 5.32 Å². The van der Waals surface area contributed by atoms with Gasteiger partial charge in [0.1, 0.15) is 0 Å². The number of fused-ring (bicyclic) bond motifs is 2. The van der Waals surface area contributed by atoms with Crippen LogP contribution in [0.3, 0.4) is 0 Å². The largest absolute Gasteiger partial charge is 0.375 e. The molecule has 0 radical (unpaired) electrons. The Labute approximate surface area is 73.7 Å². The minimum absolute atomic E-state index is 0.612. The molecule has 2 aliphatic heterocycles. The zero-order chi connectivity index (χ0) is 7.97. The van der Waals surface area contributed by atoms with Crippen molar-refractivity contribution < 1.29 is 4.74 Å². The van der Waals surface area contributed by atoms with Crippen LogP contribution in [0.15, 0.2) is 0 Å². The van der Waals surface area contributed by atoms with Crippen molar-refractivity contribution in [3.05, 3.63) is 0 Å². The molecule has 1 N–H and O–H groups in total. The van der Waals surface area contributed by atoms with Gasteiger partial charge >= 0.3 is 0 Å². The summed E-state index contributed by atoms with van der Waals surface area (Å²) in [6.07, 6.45) is 8.02. The van der Waals surface area contributed by atoms with Crippen LogP contribution in [0.4, 0.5) is 0 Å². The van der Waals surface area contributed by atoms with Crippen molar-refractivity contribution in [2.24, 2.45) is 5.92 Å². The summed E-state index contributed by atoms with van der Waals surface area (Å²) < 4.78 is 5.80. The summed E-state index contributed by atoms with van der Waals surface area (Å²) in [5.41, 5.74) is 0. The third-order valence-corrected chi connectivity index (χ3v) is 3.48. The minimum Gasteiger partial charge on any atom is -0.375 e. The molecular weight excluding hydrogens is 150 g/mol. The van der Waals surface area contributed by atoms with Crippen LogP contribution in [-0.2, 0) is 4.74 Å². The molecule has 2 heterocycles. The predicted octanol–water partition coefficient (Wildman–Crippen LogP) is 1.31. The van der Waals surface area contributed by atoms with Gasteiger partial charge in [-0.25, -0.2) is 0 Å². The predicted molar refractivity (Wildman–Crippen MR) is 47.0 cm³/mol. The van der Waals surface area contributed by atoms with Gasteiger partial charge in [0, 0.05) is 18.5 Å². The van der Waals surface area contributed by atoms with Gasteiger partial charge in [-0.1, -0.05) is 0 Å². The van der Waals surface area contributed by atoms with E-state index in [1.807, 2.05) is 0 Å². The van der Waals surface area contributed by atoms with Gasteiger partial charge in [-0.05, 0) is 32.1 Å². The van der Waals surface area contributed by atoms with E-state index in [1.54, 1.807) is 0 Å². The van der Waals surface area contributed by atoms with Crippen LogP contribution in [0, 0.1) is 5.92 Å². The van der Waals surface area contributed by atoms with E-state index in [-0.39, 0.29) is 0 Å². The molecule has 2 bridgehead atoms. The number of hydrogen-bond acceptors (Lipinski definition) is 2. The second kappa shape index (κ2) is 2.71. The lowest BCUT2D eigenvalue weighted by Crippen LogP contribution is -2.30. The molecule has 0 amide bonds. The second-order valence-corrected chi connectivity index (χ2v) is 4.55. The van der Waals surface area contributed by atoms with E-state index in [1.165, 1.54) is 38.6 Å². The number of rotatable bonds is 3. The first-order valence-corrected chi connectivity index (χ1v) is 5.30. The van der Waals surface area contributed by atoms with Crippen LogP contribution < -0.4 is 5.32 Å². The highest BCUT2D eigenvalue weighted by Crippen LogP contribution is 2.38. The summed E-state index contributed by atoms with van der Waals surface area (Å²) >= 11 is 0. The topological polar surface area (TPSA) is 21.3 Å². The highest BCUT2D eigenvalue weighted by Gasteiger charge is 2.40. The average Bonchev–Trinajstić information content (AvgIpc) is 2.69. The van der Waals surface area contributed by atoms with Crippen LogP contribution in [0.1, 0.15) is 32.1 Å². The van der Waals surface area contributed by atoms with Gasteiger partial charge in [-0.15, -0.1) is 0 Å². The van der Waals surface area contributed by atoms with Crippen LogP contribution in [0.25, 0.3) is 0 Å². The molecule has 2 nitrogen and oxygen atoms in total. The van der Waals surface area contributed by atoms with Gasteiger partial charge < -0.3 is 10.1 Å². The van der Waals surface area contributed by atoms with E-state index in [0.29, 0.717) is 12.2 Å². The number of hydrogen-bond donors (Lipinski definition) is 1. The Hall–Kier alpha value is -0.0800. The molecule has 0 aromatic carbocycles. The fraction of sp³-hybridized carbons (Fsp3) is 1.00. The number of nitrogens with one attached hydrogen (secondary N) is 1. The SMILES string of the molecule is C1CC1NCC1CC2CCC1O2. The minimum atomic E-state index is 0.612. The highest BCUT2D eigenvalue weighted by atomic mass is 16.5. The third kappa shape index (κ3) is 1.27. The molecule has 3 unspecified atom stereocenters. The van der Waals surface area contributed by atoms with E-state index in [2.05, 4.69) is 5.32 Å². The normalized spacial score (nSPS) is 45.5. The lowest BCUT2D eigenvalue weighted by molar-refractivity contribution is 0.0924. The smallest absolute Gasteiger partial charge is 0.0621 e. The molecule has 0 spiro atoms. The summed E-state index contributed by atoms with van der Waals surface area (Å²) in [5.74, 6) is 0.837. The third-order valence-electron chi connectivity index (χ3n) is 3.48. The van der Waals surface area contributed by atoms with Crippen LogP contribution in [-0.4, -0.2) is 24.8 Å². The first kappa shape index (κ1) is 7.34. The Bertz CT molecular complexity index is 179. The first-order valence-electron chi connectivity index (χ1n) is 5.30. The van der Waals surface area contributed by atoms with Crippen molar-refractivity contribution in [2.45, 2.75) is 50.4 Å². The highest BCUT2D eigenvalue weighted by molar-refractivity contribution is 4.92. The maximum absolute atomic E-state index is 5.80. The van der Waals surface area contributed by atoms with E-state index in [4.69, 9.17) is 4.74 Å². The van der Waals surface area contributed by atoms with Gasteiger partial charge in [0.05, 0.1) is 12.2 Å². The first-order chi connectivity index (χ1) is 5.92. The van der Waals surface area contributed by atoms with Gasteiger partial charge in [-0.3, -0.25) is 0 Å². The summed E-state index contributed by atoms with van der Waals surface area (Å²) in [4.78, 5) is 0. The molecule has 68 valence electrons. The van der Waals surface area contributed by atoms with Crippen molar-refractivity contribution >= 4 is 0 Å². The molecule has 3 fully saturated rings. The van der Waals surface area contributed by atoms with Crippen LogP contribution >= 0.6 is 0 Å². The quantitative estimate of drug-likeness (QED) is 0.684. The van der Waals surface area contributed by atoms with Gasteiger partial charge in [0.15, 0.2) is 0 Å². The average molecular weight is 167 g/mol. The Balaban J connectivity index is 1.50. The zero-order valence-electron chi connectivity index (χ0n) is 7.46.